The minimum Gasteiger partial charge on any atom is -0.384 e. The summed E-state index contributed by atoms with van der Waals surface area (Å²) in [5.74, 6) is -0.0146. The van der Waals surface area contributed by atoms with Gasteiger partial charge in [0.15, 0.2) is 0 Å². The molecule has 1 aromatic carbocycles. The topological polar surface area (TPSA) is 82.3 Å². The third kappa shape index (κ3) is 4.00. The van der Waals surface area contributed by atoms with Crippen LogP contribution < -0.4 is 4.90 Å². The number of halogens is 3. The number of alkyl halides is 3. The number of rotatable bonds is 4. The van der Waals surface area contributed by atoms with E-state index in [-0.39, 0.29) is 11.8 Å². The summed E-state index contributed by atoms with van der Waals surface area (Å²) in [6.45, 7) is 2.36. The maximum Gasteiger partial charge on any atom is 0.417 e. The van der Waals surface area contributed by atoms with Crippen LogP contribution in [0.15, 0.2) is 36.9 Å². The molecule has 2 aromatic rings. The number of fused-ring (bicyclic) bond motifs is 1. The van der Waals surface area contributed by atoms with Gasteiger partial charge in [-0.25, -0.2) is 9.97 Å². The number of piperidine rings is 1. The van der Waals surface area contributed by atoms with E-state index in [4.69, 9.17) is 10.00 Å². The molecule has 2 atom stereocenters. The number of likely N-dealkylation sites (tertiary alicyclic amines) is 1. The zero-order chi connectivity index (χ0) is 22.9. The van der Waals surface area contributed by atoms with E-state index in [2.05, 4.69) is 9.97 Å². The molecular weight excluding hydrogens is 423 g/mol. The fourth-order valence-corrected chi connectivity index (χ4v) is 4.90. The summed E-state index contributed by atoms with van der Waals surface area (Å²) in [5.41, 5.74) is -0.934. The minimum absolute atomic E-state index is 0.156. The average molecular weight is 445 g/mol. The Labute approximate surface area is 183 Å². The predicted octanol–water partition coefficient (Wildman–Crippen LogP) is 2.98. The summed E-state index contributed by atoms with van der Waals surface area (Å²) in [6, 6.07) is 5.43. The number of hydrogen-bond acceptors (Lipinski definition) is 6. The van der Waals surface area contributed by atoms with Crippen molar-refractivity contribution in [3.63, 3.8) is 0 Å². The molecule has 7 nitrogen and oxygen atoms in total. The molecule has 2 fully saturated rings. The minimum atomic E-state index is -4.61. The Hall–Kier alpha value is -3.19. The summed E-state index contributed by atoms with van der Waals surface area (Å²) < 4.78 is 45.9. The van der Waals surface area contributed by atoms with Gasteiger partial charge in [-0.1, -0.05) is 0 Å². The van der Waals surface area contributed by atoms with Crippen molar-refractivity contribution in [2.75, 3.05) is 44.8 Å². The van der Waals surface area contributed by atoms with E-state index in [1.54, 1.807) is 24.1 Å². The Morgan fingerprint density at radius 3 is 2.72 bits per heavy atom. The maximum absolute atomic E-state index is 13.5. The van der Waals surface area contributed by atoms with Crippen LogP contribution in [-0.4, -0.2) is 60.7 Å². The van der Waals surface area contributed by atoms with Crippen molar-refractivity contribution in [2.24, 2.45) is 11.3 Å². The van der Waals surface area contributed by atoms with Gasteiger partial charge in [0, 0.05) is 56.8 Å². The van der Waals surface area contributed by atoms with Gasteiger partial charge in [-0.2, -0.15) is 18.4 Å². The molecule has 168 valence electrons. The molecule has 1 aromatic heterocycles. The first kappa shape index (κ1) is 22.0. The van der Waals surface area contributed by atoms with Crippen LogP contribution in [0.4, 0.5) is 18.9 Å². The van der Waals surface area contributed by atoms with E-state index in [1.165, 1.54) is 24.8 Å². The third-order valence-corrected chi connectivity index (χ3v) is 6.39. The van der Waals surface area contributed by atoms with Crippen molar-refractivity contribution in [1.82, 2.24) is 14.9 Å². The molecule has 0 spiro atoms. The SMILES string of the molecule is COC[C@@]12CN(C(=O)c3cncnc3)CC[C@@H]1CN(c1ccc(C#N)c(C(F)(F)F)c1)C2. The summed E-state index contributed by atoms with van der Waals surface area (Å²) in [5, 5.41) is 9.07. The summed E-state index contributed by atoms with van der Waals surface area (Å²) in [4.78, 5) is 24.4. The number of aromatic nitrogens is 2. The van der Waals surface area contributed by atoms with Gasteiger partial charge in [0.05, 0.1) is 29.4 Å². The number of carbonyl (C=O) groups excluding carboxylic acids is 1. The Bertz CT molecular complexity index is 1040. The molecule has 2 aliphatic rings. The molecule has 2 saturated heterocycles. The van der Waals surface area contributed by atoms with E-state index in [1.807, 2.05) is 4.90 Å². The number of hydrogen-bond donors (Lipinski definition) is 0. The van der Waals surface area contributed by atoms with E-state index >= 15 is 0 Å². The predicted molar refractivity (Wildman–Crippen MR) is 109 cm³/mol. The monoisotopic (exact) mass is 445 g/mol. The first-order valence-corrected chi connectivity index (χ1v) is 10.2. The van der Waals surface area contributed by atoms with Gasteiger partial charge in [-0.15, -0.1) is 0 Å². The number of benzene rings is 1. The van der Waals surface area contributed by atoms with Crippen molar-refractivity contribution >= 4 is 11.6 Å². The van der Waals surface area contributed by atoms with Crippen LogP contribution in [0.25, 0.3) is 0 Å². The standard InChI is InChI=1S/C22H22F3N5O2/c1-32-13-21-11-29(20(31)16-8-27-14-28-9-16)5-4-17(21)10-30(12-21)18-3-2-15(7-26)19(6-18)22(23,24)25/h2-3,6,8-9,14,17H,4-5,10-13H2,1H3/t17-,21+/m1/s1. The Morgan fingerprint density at radius 2 is 2.06 bits per heavy atom. The Morgan fingerprint density at radius 1 is 1.31 bits per heavy atom. The molecule has 0 bridgehead atoms. The molecule has 2 aliphatic heterocycles. The smallest absolute Gasteiger partial charge is 0.384 e. The number of carbonyl (C=O) groups is 1. The highest BCUT2D eigenvalue weighted by Gasteiger charge is 2.51. The quantitative estimate of drug-likeness (QED) is 0.720. The molecule has 0 saturated carbocycles. The van der Waals surface area contributed by atoms with Gasteiger partial charge >= 0.3 is 6.18 Å². The lowest BCUT2D eigenvalue weighted by atomic mass is 9.74. The summed E-state index contributed by atoms with van der Waals surface area (Å²) in [7, 11) is 1.59. The summed E-state index contributed by atoms with van der Waals surface area (Å²) in [6.07, 6.45) is 0.402. The number of methoxy groups -OCH3 is 1. The van der Waals surface area contributed by atoms with Crippen molar-refractivity contribution in [3.8, 4) is 6.07 Å². The van der Waals surface area contributed by atoms with Crippen LogP contribution in [0, 0.1) is 22.7 Å². The molecule has 3 heterocycles. The fraction of sp³-hybridized carbons (Fsp3) is 0.455. The van der Waals surface area contributed by atoms with Crippen LogP contribution in [-0.2, 0) is 10.9 Å². The zero-order valence-corrected chi connectivity index (χ0v) is 17.5. The molecule has 4 rings (SSSR count). The third-order valence-electron chi connectivity index (χ3n) is 6.39. The van der Waals surface area contributed by atoms with Crippen LogP contribution in [0.2, 0.25) is 0 Å². The average Bonchev–Trinajstić information content (AvgIpc) is 3.17. The molecule has 10 heteroatoms. The van der Waals surface area contributed by atoms with Crippen molar-refractivity contribution in [2.45, 2.75) is 12.6 Å². The molecule has 32 heavy (non-hydrogen) atoms. The first-order valence-electron chi connectivity index (χ1n) is 10.2. The lowest BCUT2D eigenvalue weighted by molar-refractivity contribution is -0.137. The van der Waals surface area contributed by atoms with E-state index < -0.39 is 22.7 Å². The highest BCUT2D eigenvalue weighted by Crippen LogP contribution is 2.45. The molecule has 0 unspecified atom stereocenters. The van der Waals surface area contributed by atoms with Gasteiger partial charge in [0.2, 0.25) is 0 Å². The van der Waals surface area contributed by atoms with Gasteiger partial charge in [-0.05, 0) is 30.5 Å². The van der Waals surface area contributed by atoms with Gasteiger partial charge in [0.25, 0.3) is 5.91 Å². The zero-order valence-electron chi connectivity index (χ0n) is 17.5. The molecular formula is C22H22F3N5O2. The fourth-order valence-electron chi connectivity index (χ4n) is 4.90. The van der Waals surface area contributed by atoms with Crippen molar-refractivity contribution in [1.29, 1.82) is 5.26 Å². The van der Waals surface area contributed by atoms with Gasteiger partial charge in [-0.3, -0.25) is 4.79 Å². The second-order valence-corrected chi connectivity index (χ2v) is 8.35. The summed E-state index contributed by atoms with van der Waals surface area (Å²) >= 11 is 0. The highest BCUT2D eigenvalue weighted by molar-refractivity contribution is 5.93. The second-order valence-electron chi connectivity index (χ2n) is 8.35. The molecule has 0 aliphatic carbocycles. The molecule has 0 N–H and O–H groups in total. The van der Waals surface area contributed by atoms with Crippen molar-refractivity contribution < 1.29 is 22.7 Å². The van der Waals surface area contributed by atoms with Crippen LogP contribution in [0.1, 0.15) is 27.9 Å². The van der Waals surface area contributed by atoms with Gasteiger partial charge in [0.1, 0.15) is 6.33 Å². The molecule has 0 radical (unpaired) electrons. The number of ether oxygens (including phenoxy) is 1. The van der Waals surface area contributed by atoms with Crippen LogP contribution in [0.5, 0.6) is 0 Å². The Kier molecular flexibility index (Phi) is 5.77. The van der Waals surface area contributed by atoms with E-state index in [0.717, 1.165) is 6.07 Å². The largest absolute Gasteiger partial charge is 0.417 e. The maximum atomic E-state index is 13.5. The first-order chi connectivity index (χ1) is 15.3. The number of amides is 1. The van der Waals surface area contributed by atoms with Crippen LogP contribution >= 0.6 is 0 Å². The van der Waals surface area contributed by atoms with E-state index in [9.17, 15) is 18.0 Å². The number of anilines is 1. The normalized spacial score (nSPS) is 23.0. The van der Waals surface area contributed by atoms with Crippen LogP contribution in [0.3, 0.4) is 0 Å². The van der Waals surface area contributed by atoms with Gasteiger partial charge < -0.3 is 14.5 Å². The Balaban J connectivity index is 1.61. The lowest BCUT2D eigenvalue weighted by Crippen LogP contribution is -2.53. The number of nitrogens with zero attached hydrogens (tertiary/aromatic N) is 5. The number of nitriles is 1. The lowest BCUT2D eigenvalue weighted by Gasteiger charge is -2.43. The van der Waals surface area contributed by atoms with Crippen molar-refractivity contribution in [3.05, 3.63) is 53.6 Å². The molecule has 1 amide bonds. The van der Waals surface area contributed by atoms with E-state index in [0.29, 0.717) is 50.5 Å². The second kappa shape index (κ2) is 8.39. The highest BCUT2D eigenvalue weighted by atomic mass is 19.4.